The maximum Gasteiger partial charge on any atom is 0.400 e. The highest BCUT2D eigenvalue weighted by molar-refractivity contribution is 6.21. The molecule has 2 rings (SSSR count). The second-order valence-corrected chi connectivity index (χ2v) is 3.64. The van der Waals surface area contributed by atoms with E-state index in [9.17, 15) is 8.78 Å². The summed E-state index contributed by atoms with van der Waals surface area (Å²) in [7, 11) is 0. The summed E-state index contributed by atoms with van der Waals surface area (Å²) in [6, 6.07) is 0.466. The highest BCUT2D eigenvalue weighted by atomic mass is 35.5. The molecule has 4 nitrogen and oxygen atoms in total. The topological polar surface area (TPSA) is 51.0 Å². The highest BCUT2D eigenvalue weighted by Crippen LogP contribution is 2.30. The zero-order valence-electron chi connectivity index (χ0n) is 7.14. The molecule has 0 amide bonds. The Morgan fingerprint density at radius 2 is 2.29 bits per heavy atom. The lowest BCUT2D eigenvalue weighted by Gasteiger charge is -1.98. The van der Waals surface area contributed by atoms with Crippen molar-refractivity contribution in [1.82, 2.24) is 15.5 Å². The Kier molecular flexibility index (Phi) is 2.40. The van der Waals surface area contributed by atoms with E-state index in [4.69, 9.17) is 11.6 Å². The minimum Gasteiger partial charge on any atom is -0.331 e. The lowest BCUT2D eigenvalue weighted by atomic mass is 10.5. The van der Waals surface area contributed by atoms with Gasteiger partial charge in [-0.1, -0.05) is 5.16 Å². The molecule has 1 aromatic rings. The molecule has 0 aliphatic heterocycles. The number of nitrogens with zero attached hydrogens (tertiary/aromatic N) is 2. The molecule has 0 spiro atoms. The molecule has 0 atom stereocenters. The lowest BCUT2D eigenvalue weighted by Crippen LogP contribution is -2.16. The standard InChI is InChI=1S/C7H8ClF2N3O/c8-7(9,10)6-12-5(13-14-6)3-11-4-1-2-4/h4,11H,1-3H2. The zero-order valence-corrected chi connectivity index (χ0v) is 7.89. The van der Waals surface area contributed by atoms with E-state index >= 15 is 0 Å². The molecule has 0 saturated heterocycles. The molecule has 0 aromatic carbocycles. The van der Waals surface area contributed by atoms with Gasteiger partial charge >= 0.3 is 11.3 Å². The van der Waals surface area contributed by atoms with Gasteiger partial charge in [0.2, 0.25) is 0 Å². The molecule has 0 bridgehead atoms. The van der Waals surface area contributed by atoms with Gasteiger partial charge in [-0.2, -0.15) is 13.8 Å². The van der Waals surface area contributed by atoms with Crippen molar-refractivity contribution in [3.8, 4) is 0 Å². The largest absolute Gasteiger partial charge is 0.400 e. The molecule has 1 aromatic heterocycles. The van der Waals surface area contributed by atoms with Crippen molar-refractivity contribution >= 4 is 11.6 Å². The van der Waals surface area contributed by atoms with Crippen LogP contribution in [0.3, 0.4) is 0 Å². The third-order valence-corrected chi connectivity index (χ3v) is 2.00. The number of halogens is 3. The van der Waals surface area contributed by atoms with Gasteiger partial charge in [0.15, 0.2) is 5.82 Å². The Balaban J connectivity index is 1.94. The second-order valence-electron chi connectivity index (χ2n) is 3.17. The molecule has 1 heterocycles. The van der Waals surface area contributed by atoms with Crippen LogP contribution in [0.2, 0.25) is 0 Å². The maximum absolute atomic E-state index is 12.4. The minimum atomic E-state index is -3.58. The third kappa shape index (κ3) is 2.39. The predicted molar refractivity (Wildman–Crippen MR) is 43.9 cm³/mol. The number of aromatic nitrogens is 2. The van der Waals surface area contributed by atoms with Gasteiger partial charge in [-0.05, 0) is 24.4 Å². The fourth-order valence-electron chi connectivity index (χ4n) is 0.964. The molecular weight excluding hydrogens is 216 g/mol. The van der Waals surface area contributed by atoms with Crippen LogP contribution >= 0.6 is 11.6 Å². The summed E-state index contributed by atoms with van der Waals surface area (Å²) in [5, 5.41) is 2.86. The van der Waals surface area contributed by atoms with Crippen LogP contribution in [0.25, 0.3) is 0 Å². The van der Waals surface area contributed by atoms with Crippen molar-refractivity contribution in [1.29, 1.82) is 0 Å². The van der Waals surface area contributed by atoms with Crippen LogP contribution in [0.15, 0.2) is 4.52 Å². The Hall–Kier alpha value is -0.750. The summed E-state index contributed by atoms with van der Waals surface area (Å²) in [5.41, 5.74) is 0. The number of hydrogen-bond donors (Lipinski definition) is 1. The first-order chi connectivity index (χ1) is 6.55. The van der Waals surface area contributed by atoms with Crippen LogP contribution in [-0.2, 0) is 11.9 Å². The highest BCUT2D eigenvalue weighted by Gasteiger charge is 2.35. The van der Waals surface area contributed by atoms with E-state index in [1.165, 1.54) is 0 Å². The average Bonchev–Trinajstić information content (AvgIpc) is 2.77. The fourth-order valence-corrected chi connectivity index (χ4v) is 1.04. The first-order valence-electron chi connectivity index (χ1n) is 4.19. The quantitative estimate of drug-likeness (QED) is 0.788. The molecule has 1 saturated carbocycles. The first-order valence-corrected chi connectivity index (χ1v) is 4.56. The van der Waals surface area contributed by atoms with Gasteiger partial charge in [0, 0.05) is 6.04 Å². The number of nitrogens with one attached hydrogen (secondary N) is 1. The van der Waals surface area contributed by atoms with Gasteiger partial charge in [-0.3, -0.25) is 0 Å². The molecule has 1 aliphatic rings. The van der Waals surface area contributed by atoms with Crippen LogP contribution in [0.4, 0.5) is 8.78 Å². The summed E-state index contributed by atoms with van der Waals surface area (Å²) in [6.45, 7) is 0.334. The normalized spacial score (nSPS) is 17.4. The summed E-state index contributed by atoms with van der Waals surface area (Å²) >= 11 is 4.70. The van der Waals surface area contributed by atoms with Crippen molar-refractivity contribution in [2.45, 2.75) is 30.8 Å². The van der Waals surface area contributed by atoms with E-state index in [1.54, 1.807) is 0 Å². The summed E-state index contributed by atoms with van der Waals surface area (Å²) in [5.74, 6) is -0.654. The lowest BCUT2D eigenvalue weighted by molar-refractivity contribution is 0.0550. The van der Waals surface area contributed by atoms with Crippen LogP contribution in [0.1, 0.15) is 24.6 Å². The van der Waals surface area contributed by atoms with Crippen LogP contribution in [0, 0.1) is 0 Å². The predicted octanol–water partition coefficient (Wildman–Crippen LogP) is 1.61. The molecular formula is C7H8ClF2N3O. The van der Waals surface area contributed by atoms with Gasteiger partial charge in [0.25, 0.3) is 0 Å². The Morgan fingerprint density at radius 1 is 1.57 bits per heavy atom. The smallest absolute Gasteiger partial charge is 0.331 e. The monoisotopic (exact) mass is 223 g/mol. The van der Waals surface area contributed by atoms with Gasteiger partial charge in [-0.25, -0.2) is 0 Å². The van der Waals surface area contributed by atoms with Crippen molar-refractivity contribution in [3.05, 3.63) is 11.7 Å². The summed E-state index contributed by atoms with van der Waals surface area (Å²) in [6.07, 6.45) is 2.22. The van der Waals surface area contributed by atoms with Crippen molar-refractivity contribution < 1.29 is 13.3 Å². The van der Waals surface area contributed by atoms with Gasteiger partial charge in [0.1, 0.15) is 0 Å². The number of alkyl halides is 3. The third-order valence-electron chi connectivity index (χ3n) is 1.84. The van der Waals surface area contributed by atoms with Gasteiger partial charge in [0.05, 0.1) is 6.54 Å². The Labute approximate surface area is 83.6 Å². The minimum absolute atomic E-state index is 0.201. The van der Waals surface area contributed by atoms with E-state index in [0.29, 0.717) is 12.6 Å². The molecule has 1 fully saturated rings. The van der Waals surface area contributed by atoms with Crippen molar-refractivity contribution in [3.63, 3.8) is 0 Å². The van der Waals surface area contributed by atoms with Gasteiger partial charge < -0.3 is 9.84 Å². The molecule has 1 aliphatic carbocycles. The van der Waals surface area contributed by atoms with Crippen LogP contribution < -0.4 is 5.32 Å². The zero-order chi connectivity index (χ0) is 10.2. The first kappa shape index (κ1) is 9.79. The van der Waals surface area contributed by atoms with E-state index < -0.39 is 11.3 Å². The second kappa shape index (κ2) is 3.43. The van der Waals surface area contributed by atoms with E-state index in [2.05, 4.69) is 20.0 Å². The number of hydrogen-bond acceptors (Lipinski definition) is 4. The summed E-state index contributed by atoms with van der Waals surface area (Å²) in [4.78, 5) is 3.46. The van der Waals surface area contributed by atoms with Crippen LogP contribution in [-0.4, -0.2) is 16.2 Å². The Morgan fingerprint density at radius 3 is 2.79 bits per heavy atom. The van der Waals surface area contributed by atoms with Crippen molar-refractivity contribution in [2.75, 3.05) is 0 Å². The van der Waals surface area contributed by atoms with Crippen molar-refractivity contribution in [2.24, 2.45) is 0 Å². The molecule has 7 heteroatoms. The molecule has 1 N–H and O–H groups in total. The SMILES string of the molecule is FC(F)(Cl)c1nc(CNC2CC2)no1. The van der Waals surface area contributed by atoms with Gasteiger partial charge in [-0.15, -0.1) is 0 Å². The molecule has 0 radical (unpaired) electrons. The average molecular weight is 224 g/mol. The fraction of sp³-hybridized carbons (Fsp3) is 0.714. The maximum atomic E-state index is 12.4. The van der Waals surface area contributed by atoms with E-state index in [1.807, 2.05) is 0 Å². The van der Waals surface area contributed by atoms with Crippen LogP contribution in [0.5, 0.6) is 0 Å². The number of rotatable bonds is 4. The molecule has 14 heavy (non-hydrogen) atoms. The van der Waals surface area contributed by atoms with E-state index in [0.717, 1.165) is 12.8 Å². The molecule has 78 valence electrons. The van der Waals surface area contributed by atoms with E-state index in [-0.39, 0.29) is 5.82 Å². The summed E-state index contributed by atoms with van der Waals surface area (Å²) < 4.78 is 29.2. The molecule has 0 unspecified atom stereocenters. The Bertz CT molecular complexity index is 321.